The molecule has 2 heterocycles. The molecule has 0 unspecified atom stereocenters. The Morgan fingerprint density at radius 1 is 1.41 bits per heavy atom. The van der Waals surface area contributed by atoms with Gasteiger partial charge in [0.05, 0.1) is 11.3 Å². The summed E-state index contributed by atoms with van der Waals surface area (Å²) in [5.74, 6) is -0.640. The maximum atomic E-state index is 13.9. The van der Waals surface area contributed by atoms with Crippen molar-refractivity contribution in [2.45, 2.75) is 13.0 Å². The highest BCUT2D eigenvalue weighted by Crippen LogP contribution is 2.19. The molecule has 1 aromatic carbocycles. The average molecular weight is 301 g/mol. The van der Waals surface area contributed by atoms with E-state index in [-0.39, 0.29) is 5.56 Å². The molecular formula is C15H16FN5O. The Kier molecular flexibility index (Phi) is 3.97. The standard InChI is InChI=1S/C15H16FN5O/c1-17-14(22)11-3-2-10(6-12(11)16)20-15-19-7-9-4-5-18-8-13(9)21-15/h2-3,6-7,18H,4-5,8H2,1H3,(H,17,22)(H,19,20,21). The van der Waals surface area contributed by atoms with E-state index in [9.17, 15) is 9.18 Å². The van der Waals surface area contributed by atoms with Crippen LogP contribution < -0.4 is 16.0 Å². The summed E-state index contributed by atoms with van der Waals surface area (Å²) in [4.78, 5) is 20.1. The van der Waals surface area contributed by atoms with Crippen LogP contribution in [0.25, 0.3) is 0 Å². The van der Waals surface area contributed by atoms with E-state index >= 15 is 0 Å². The summed E-state index contributed by atoms with van der Waals surface area (Å²) in [6.45, 7) is 1.63. The monoisotopic (exact) mass is 301 g/mol. The summed E-state index contributed by atoms with van der Waals surface area (Å²) in [7, 11) is 1.46. The van der Waals surface area contributed by atoms with E-state index in [2.05, 4.69) is 25.9 Å². The van der Waals surface area contributed by atoms with Gasteiger partial charge in [0, 0.05) is 25.5 Å². The van der Waals surface area contributed by atoms with Crippen molar-refractivity contribution < 1.29 is 9.18 Å². The summed E-state index contributed by atoms with van der Waals surface area (Å²) in [6, 6.07) is 4.30. The lowest BCUT2D eigenvalue weighted by Gasteiger charge is -2.16. The van der Waals surface area contributed by atoms with Crippen LogP contribution in [0.3, 0.4) is 0 Å². The van der Waals surface area contributed by atoms with Gasteiger partial charge in [-0.1, -0.05) is 0 Å². The number of halogens is 1. The molecular weight excluding hydrogens is 285 g/mol. The number of hydrogen-bond donors (Lipinski definition) is 3. The van der Waals surface area contributed by atoms with Crippen molar-refractivity contribution in [3.63, 3.8) is 0 Å². The predicted octanol–water partition coefficient (Wildman–Crippen LogP) is 1.36. The summed E-state index contributed by atoms with van der Waals surface area (Å²) in [5.41, 5.74) is 2.58. The Hall–Kier alpha value is -2.54. The van der Waals surface area contributed by atoms with E-state index in [0.717, 1.165) is 24.2 Å². The molecule has 0 spiro atoms. The summed E-state index contributed by atoms with van der Waals surface area (Å²) in [6.07, 6.45) is 2.70. The van der Waals surface area contributed by atoms with E-state index in [1.54, 1.807) is 12.3 Å². The van der Waals surface area contributed by atoms with Gasteiger partial charge in [0.15, 0.2) is 0 Å². The highest BCUT2D eigenvalue weighted by Gasteiger charge is 2.13. The van der Waals surface area contributed by atoms with E-state index in [1.807, 2.05) is 0 Å². The molecule has 0 saturated heterocycles. The van der Waals surface area contributed by atoms with E-state index in [1.165, 1.54) is 19.2 Å². The minimum absolute atomic E-state index is 0.00334. The zero-order valence-corrected chi connectivity index (χ0v) is 12.1. The number of nitrogens with zero attached hydrogens (tertiary/aromatic N) is 2. The number of aromatic nitrogens is 2. The summed E-state index contributed by atoms with van der Waals surface area (Å²) >= 11 is 0. The molecule has 7 heteroatoms. The molecule has 0 atom stereocenters. The van der Waals surface area contributed by atoms with Crippen molar-refractivity contribution in [3.8, 4) is 0 Å². The van der Waals surface area contributed by atoms with E-state index in [0.29, 0.717) is 18.2 Å². The molecule has 2 aromatic rings. The van der Waals surface area contributed by atoms with Crippen LogP contribution in [-0.2, 0) is 13.0 Å². The Bertz CT molecular complexity index is 719. The van der Waals surface area contributed by atoms with Gasteiger partial charge in [-0.15, -0.1) is 0 Å². The first-order valence-corrected chi connectivity index (χ1v) is 7.01. The number of anilines is 2. The van der Waals surface area contributed by atoms with Crippen LogP contribution in [0.15, 0.2) is 24.4 Å². The molecule has 3 N–H and O–H groups in total. The predicted molar refractivity (Wildman–Crippen MR) is 80.5 cm³/mol. The number of fused-ring (bicyclic) bond motifs is 1. The van der Waals surface area contributed by atoms with Gasteiger partial charge < -0.3 is 16.0 Å². The minimum Gasteiger partial charge on any atom is -0.355 e. The molecule has 1 aliphatic rings. The Morgan fingerprint density at radius 3 is 3.05 bits per heavy atom. The Balaban J connectivity index is 1.81. The third-order valence-corrected chi connectivity index (χ3v) is 3.51. The molecule has 0 saturated carbocycles. The number of carbonyl (C=O) groups excluding carboxylic acids is 1. The topological polar surface area (TPSA) is 78.9 Å². The van der Waals surface area contributed by atoms with Crippen LogP contribution in [0.4, 0.5) is 16.0 Å². The second-order valence-corrected chi connectivity index (χ2v) is 4.99. The molecule has 0 aliphatic carbocycles. The number of nitrogens with one attached hydrogen (secondary N) is 3. The fourth-order valence-electron chi connectivity index (χ4n) is 2.33. The highest BCUT2D eigenvalue weighted by atomic mass is 19.1. The van der Waals surface area contributed by atoms with Crippen LogP contribution in [0.1, 0.15) is 21.6 Å². The quantitative estimate of drug-likeness (QED) is 0.798. The van der Waals surface area contributed by atoms with Crippen LogP contribution in [0.2, 0.25) is 0 Å². The first-order valence-electron chi connectivity index (χ1n) is 7.01. The lowest BCUT2D eigenvalue weighted by molar-refractivity contribution is 0.0959. The number of carbonyl (C=O) groups is 1. The lowest BCUT2D eigenvalue weighted by Crippen LogP contribution is -2.25. The van der Waals surface area contributed by atoms with Crippen molar-refractivity contribution in [2.75, 3.05) is 18.9 Å². The van der Waals surface area contributed by atoms with Gasteiger partial charge in [-0.3, -0.25) is 4.79 Å². The van der Waals surface area contributed by atoms with Crippen molar-refractivity contribution in [3.05, 3.63) is 47.0 Å². The van der Waals surface area contributed by atoms with Gasteiger partial charge in [-0.2, -0.15) is 0 Å². The first kappa shape index (κ1) is 14.4. The summed E-state index contributed by atoms with van der Waals surface area (Å²) < 4.78 is 13.9. The molecule has 3 rings (SSSR count). The fourth-order valence-corrected chi connectivity index (χ4v) is 2.33. The highest BCUT2D eigenvalue weighted by molar-refractivity contribution is 5.94. The van der Waals surface area contributed by atoms with Crippen LogP contribution in [0, 0.1) is 5.82 Å². The van der Waals surface area contributed by atoms with E-state index in [4.69, 9.17) is 0 Å². The number of benzene rings is 1. The van der Waals surface area contributed by atoms with Crippen LogP contribution in [-0.4, -0.2) is 29.5 Å². The van der Waals surface area contributed by atoms with Crippen LogP contribution in [0.5, 0.6) is 0 Å². The molecule has 1 aliphatic heterocycles. The van der Waals surface area contributed by atoms with Crippen molar-refractivity contribution >= 4 is 17.5 Å². The normalized spacial score (nSPS) is 13.4. The molecule has 114 valence electrons. The van der Waals surface area contributed by atoms with Crippen molar-refractivity contribution in [1.29, 1.82) is 0 Å². The van der Waals surface area contributed by atoms with Crippen molar-refractivity contribution in [1.82, 2.24) is 20.6 Å². The molecule has 6 nitrogen and oxygen atoms in total. The molecule has 0 bridgehead atoms. The molecule has 0 fully saturated rings. The minimum atomic E-state index is -0.594. The fraction of sp³-hybridized carbons (Fsp3) is 0.267. The third-order valence-electron chi connectivity index (χ3n) is 3.51. The van der Waals surface area contributed by atoms with Gasteiger partial charge in [-0.25, -0.2) is 14.4 Å². The smallest absolute Gasteiger partial charge is 0.253 e. The zero-order chi connectivity index (χ0) is 15.5. The first-order chi connectivity index (χ1) is 10.7. The Morgan fingerprint density at radius 2 is 2.27 bits per heavy atom. The average Bonchev–Trinajstić information content (AvgIpc) is 2.54. The third kappa shape index (κ3) is 2.89. The van der Waals surface area contributed by atoms with Crippen LogP contribution >= 0.6 is 0 Å². The van der Waals surface area contributed by atoms with Gasteiger partial charge >= 0.3 is 0 Å². The number of amides is 1. The maximum absolute atomic E-state index is 13.9. The van der Waals surface area contributed by atoms with Crippen molar-refractivity contribution in [2.24, 2.45) is 0 Å². The second-order valence-electron chi connectivity index (χ2n) is 4.99. The SMILES string of the molecule is CNC(=O)c1ccc(Nc2ncc3c(n2)CNCC3)cc1F. The van der Waals surface area contributed by atoms with Gasteiger partial charge in [-0.05, 0) is 36.7 Å². The second kappa shape index (κ2) is 6.07. The number of rotatable bonds is 3. The molecule has 1 amide bonds. The van der Waals surface area contributed by atoms with Gasteiger partial charge in [0.2, 0.25) is 5.95 Å². The largest absolute Gasteiger partial charge is 0.355 e. The summed E-state index contributed by atoms with van der Waals surface area (Å²) in [5, 5.41) is 8.60. The zero-order valence-electron chi connectivity index (χ0n) is 12.1. The van der Waals surface area contributed by atoms with E-state index < -0.39 is 11.7 Å². The Labute approximate surface area is 127 Å². The number of hydrogen-bond acceptors (Lipinski definition) is 5. The van der Waals surface area contributed by atoms with Gasteiger partial charge in [0.1, 0.15) is 5.82 Å². The maximum Gasteiger partial charge on any atom is 0.253 e. The molecule has 0 radical (unpaired) electrons. The lowest BCUT2D eigenvalue weighted by atomic mass is 10.1. The molecule has 22 heavy (non-hydrogen) atoms. The van der Waals surface area contributed by atoms with Gasteiger partial charge in [0.25, 0.3) is 5.91 Å². The molecule has 1 aromatic heterocycles.